The zero-order valence-corrected chi connectivity index (χ0v) is 12.5. The van der Waals surface area contributed by atoms with E-state index in [1.807, 2.05) is 0 Å². The number of ether oxygens (including phenoxy) is 1. The molecule has 1 aromatic heterocycles. The molecule has 1 fully saturated rings. The van der Waals surface area contributed by atoms with Crippen LogP contribution in [-0.4, -0.2) is 23.1 Å². The van der Waals surface area contributed by atoms with Crippen molar-refractivity contribution in [2.75, 3.05) is 13.2 Å². The molecule has 1 unspecified atom stereocenters. The monoisotopic (exact) mass is 263 g/mol. The minimum atomic E-state index is -0.287. The number of aromatic nitrogens is 2. The van der Waals surface area contributed by atoms with Crippen LogP contribution in [0.2, 0.25) is 0 Å². The summed E-state index contributed by atoms with van der Waals surface area (Å²) < 4.78 is 5.83. The van der Waals surface area contributed by atoms with E-state index in [4.69, 9.17) is 14.7 Å². The molecule has 2 rings (SSSR count). The van der Waals surface area contributed by atoms with E-state index < -0.39 is 0 Å². The molecule has 0 bridgehead atoms. The predicted octanol–water partition coefficient (Wildman–Crippen LogP) is 2.62. The third kappa shape index (κ3) is 3.12. The van der Waals surface area contributed by atoms with Gasteiger partial charge < -0.3 is 10.1 Å². The van der Waals surface area contributed by atoms with Gasteiger partial charge in [-0.2, -0.15) is 0 Å². The van der Waals surface area contributed by atoms with E-state index in [1.54, 1.807) is 0 Å². The molecule has 0 aromatic carbocycles. The maximum atomic E-state index is 5.83. The van der Waals surface area contributed by atoms with Crippen LogP contribution in [0.15, 0.2) is 0 Å². The summed E-state index contributed by atoms with van der Waals surface area (Å²) in [4.78, 5) is 9.38. The number of hydrogen-bond acceptors (Lipinski definition) is 4. The minimum absolute atomic E-state index is 0.287. The lowest BCUT2D eigenvalue weighted by Crippen LogP contribution is -2.26. The molecule has 1 aromatic rings. The van der Waals surface area contributed by atoms with Gasteiger partial charge in [-0.3, -0.25) is 0 Å². The van der Waals surface area contributed by atoms with Crippen LogP contribution in [0.3, 0.4) is 0 Å². The Bertz CT molecular complexity index is 416. The summed E-state index contributed by atoms with van der Waals surface area (Å²) in [5, 5.41) is 3.42. The third-order valence-corrected chi connectivity index (χ3v) is 3.84. The molecule has 1 aliphatic heterocycles. The Morgan fingerprint density at radius 2 is 1.95 bits per heavy atom. The lowest BCUT2D eigenvalue weighted by atomic mass is 10.0. The second kappa shape index (κ2) is 5.97. The zero-order valence-electron chi connectivity index (χ0n) is 12.5. The molecule has 4 heteroatoms. The van der Waals surface area contributed by atoms with Crippen LogP contribution in [0.5, 0.6) is 0 Å². The summed E-state index contributed by atoms with van der Waals surface area (Å²) >= 11 is 0. The zero-order chi connectivity index (χ0) is 13.9. The summed E-state index contributed by atoms with van der Waals surface area (Å²) in [6.45, 7) is 11.1. The summed E-state index contributed by atoms with van der Waals surface area (Å²) in [5.74, 6) is 0.847. The van der Waals surface area contributed by atoms with Crippen molar-refractivity contribution < 1.29 is 4.74 Å². The molecule has 0 spiro atoms. The molecular formula is C15H25N3O. The van der Waals surface area contributed by atoms with Crippen LogP contribution < -0.4 is 5.32 Å². The van der Waals surface area contributed by atoms with E-state index in [2.05, 4.69) is 33.0 Å². The smallest absolute Gasteiger partial charge is 0.160 e. The van der Waals surface area contributed by atoms with Gasteiger partial charge in [0.05, 0.1) is 0 Å². The van der Waals surface area contributed by atoms with Crippen molar-refractivity contribution in [1.82, 2.24) is 15.3 Å². The molecule has 19 heavy (non-hydrogen) atoms. The van der Waals surface area contributed by atoms with Gasteiger partial charge in [-0.05, 0) is 46.6 Å². The maximum absolute atomic E-state index is 5.83. The molecule has 2 heterocycles. The molecular weight excluding hydrogens is 238 g/mol. The largest absolute Gasteiger partial charge is 0.367 e. The highest BCUT2D eigenvalue weighted by atomic mass is 16.5. The summed E-state index contributed by atoms with van der Waals surface area (Å²) in [7, 11) is 0. The fourth-order valence-corrected chi connectivity index (χ4v) is 2.58. The summed E-state index contributed by atoms with van der Waals surface area (Å²) in [6, 6.07) is 0. The first-order valence-corrected chi connectivity index (χ1v) is 7.26. The SMILES string of the molecule is CCCNCc1c(C)nc(C2(C)CCCO2)nc1C. The van der Waals surface area contributed by atoms with Crippen LogP contribution in [-0.2, 0) is 16.9 Å². The van der Waals surface area contributed by atoms with Gasteiger partial charge >= 0.3 is 0 Å². The fraction of sp³-hybridized carbons (Fsp3) is 0.733. The number of nitrogens with zero attached hydrogens (tertiary/aromatic N) is 2. The molecule has 1 saturated heterocycles. The first-order valence-electron chi connectivity index (χ1n) is 7.26. The van der Waals surface area contributed by atoms with E-state index in [0.29, 0.717) is 0 Å². The van der Waals surface area contributed by atoms with E-state index in [0.717, 1.165) is 56.2 Å². The van der Waals surface area contributed by atoms with Gasteiger partial charge in [0.15, 0.2) is 5.82 Å². The Morgan fingerprint density at radius 3 is 2.47 bits per heavy atom. The van der Waals surface area contributed by atoms with Crippen LogP contribution >= 0.6 is 0 Å². The van der Waals surface area contributed by atoms with Crippen LogP contribution in [0.1, 0.15) is 55.9 Å². The second-order valence-electron chi connectivity index (χ2n) is 5.56. The molecule has 0 amide bonds. The molecule has 1 N–H and O–H groups in total. The van der Waals surface area contributed by atoms with Gasteiger partial charge in [0.2, 0.25) is 0 Å². The van der Waals surface area contributed by atoms with Gasteiger partial charge in [-0.25, -0.2) is 9.97 Å². The van der Waals surface area contributed by atoms with Gasteiger partial charge in [0, 0.05) is 30.1 Å². The van der Waals surface area contributed by atoms with Crippen molar-refractivity contribution in [2.24, 2.45) is 0 Å². The minimum Gasteiger partial charge on any atom is -0.367 e. The Labute approximate surface area is 116 Å². The topological polar surface area (TPSA) is 47.0 Å². The van der Waals surface area contributed by atoms with Crippen molar-refractivity contribution >= 4 is 0 Å². The summed E-state index contributed by atoms with van der Waals surface area (Å²) in [5.41, 5.74) is 3.08. The number of rotatable bonds is 5. The second-order valence-corrected chi connectivity index (χ2v) is 5.56. The normalized spacial score (nSPS) is 22.9. The Balaban J connectivity index is 2.21. The average molecular weight is 263 g/mol. The van der Waals surface area contributed by atoms with Crippen LogP contribution in [0.4, 0.5) is 0 Å². The molecule has 1 atom stereocenters. The van der Waals surface area contributed by atoms with E-state index in [1.165, 1.54) is 5.56 Å². The van der Waals surface area contributed by atoms with Crippen molar-refractivity contribution in [1.29, 1.82) is 0 Å². The lowest BCUT2D eigenvalue weighted by molar-refractivity contribution is 0.00901. The summed E-state index contributed by atoms with van der Waals surface area (Å²) in [6.07, 6.45) is 3.25. The predicted molar refractivity (Wildman–Crippen MR) is 76.0 cm³/mol. The molecule has 1 aliphatic rings. The number of aryl methyl sites for hydroxylation is 2. The molecule has 106 valence electrons. The number of hydrogen-bond donors (Lipinski definition) is 1. The van der Waals surface area contributed by atoms with Crippen molar-refractivity contribution in [3.05, 3.63) is 22.8 Å². The van der Waals surface area contributed by atoms with Crippen molar-refractivity contribution in [3.63, 3.8) is 0 Å². The van der Waals surface area contributed by atoms with Gasteiger partial charge in [-0.15, -0.1) is 0 Å². The first-order chi connectivity index (χ1) is 9.07. The fourth-order valence-electron chi connectivity index (χ4n) is 2.58. The van der Waals surface area contributed by atoms with Gasteiger partial charge in [0.25, 0.3) is 0 Å². The molecule has 0 saturated carbocycles. The lowest BCUT2D eigenvalue weighted by Gasteiger charge is -2.23. The van der Waals surface area contributed by atoms with Crippen molar-refractivity contribution in [2.45, 2.75) is 59.1 Å². The Hall–Kier alpha value is -1.00. The van der Waals surface area contributed by atoms with E-state index in [-0.39, 0.29) is 5.60 Å². The van der Waals surface area contributed by atoms with E-state index >= 15 is 0 Å². The van der Waals surface area contributed by atoms with Gasteiger partial charge in [0.1, 0.15) is 5.60 Å². The molecule has 4 nitrogen and oxygen atoms in total. The van der Waals surface area contributed by atoms with Crippen LogP contribution in [0.25, 0.3) is 0 Å². The third-order valence-electron chi connectivity index (χ3n) is 3.84. The van der Waals surface area contributed by atoms with E-state index in [9.17, 15) is 0 Å². The molecule has 0 radical (unpaired) electrons. The van der Waals surface area contributed by atoms with Gasteiger partial charge in [-0.1, -0.05) is 6.92 Å². The highest BCUT2D eigenvalue weighted by molar-refractivity contribution is 5.25. The maximum Gasteiger partial charge on any atom is 0.160 e. The Kier molecular flexibility index (Phi) is 4.53. The first kappa shape index (κ1) is 14.4. The number of nitrogens with one attached hydrogen (secondary N) is 1. The average Bonchev–Trinajstić information content (AvgIpc) is 2.81. The molecule has 0 aliphatic carbocycles. The highest BCUT2D eigenvalue weighted by Gasteiger charge is 2.35. The van der Waals surface area contributed by atoms with Crippen molar-refractivity contribution in [3.8, 4) is 0 Å². The highest BCUT2D eigenvalue weighted by Crippen LogP contribution is 2.33. The Morgan fingerprint density at radius 1 is 1.26 bits per heavy atom. The quantitative estimate of drug-likeness (QED) is 0.830. The standard InChI is InChI=1S/C15H25N3O/c1-5-8-16-10-13-11(2)17-14(18-12(13)3)15(4)7-6-9-19-15/h16H,5-10H2,1-4H3. The van der Waals surface area contributed by atoms with Crippen LogP contribution in [0, 0.1) is 13.8 Å².